The predicted octanol–water partition coefficient (Wildman–Crippen LogP) is 2.24. The van der Waals surface area contributed by atoms with Gasteiger partial charge in [-0.05, 0) is 51.8 Å². The summed E-state index contributed by atoms with van der Waals surface area (Å²) in [6, 6.07) is 5.10. The van der Waals surface area contributed by atoms with Gasteiger partial charge in [0.05, 0.1) is 11.0 Å². The lowest BCUT2D eigenvalue weighted by Crippen LogP contribution is -2.43. The molecule has 2 amide bonds. The second kappa shape index (κ2) is 8.28. The van der Waals surface area contributed by atoms with E-state index in [1.165, 1.54) is 7.11 Å². The van der Waals surface area contributed by atoms with E-state index in [-0.39, 0.29) is 30.5 Å². The van der Waals surface area contributed by atoms with Gasteiger partial charge in [-0.25, -0.2) is 9.59 Å². The highest BCUT2D eigenvalue weighted by Gasteiger charge is 2.29. The van der Waals surface area contributed by atoms with Crippen LogP contribution in [0, 0.1) is 0 Å². The smallest absolute Gasteiger partial charge is 0.410 e. The van der Waals surface area contributed by atoms with E-state index >= 15 is 0 Å². The van der Waals surface area contributed by atoms with E-state index in [0.29, 0.717) is 37.0 Å². The van der Waals surface area contributed by atoms with Crippen LogP contribution < -0.4 is 11.0 Å². The molecule has 9 heteroatoms. The number of hydrogen-bond donors (Lipinski definition) is 2. The summed E-state index contributed by atoms with van der Waals surface area (Å²) in [5.74, 6) is -0.270. The number of aromatic amines is 1. The Kier molecular flexibility index (Phi) is 5.97. The number of likely N-dealkylation sites (tertiary alicyclic amines) is 1. The summed E-state index contributed by atoms with van der Waals surface area (Å²) in [5, 5.41) is 2.62. The molecule has 1 aromatic carbocycles. The number of rotatable bonds is 4. The van der Waals surface area contributed by atoms with E-state index in [2.05, 4.69) is 10.3 Å². The molecule has 1 aromatic heterocycles. The number of piperidine rings is 1. The van der Waals surface area contributed by atoms with Crippen LogP contribution in [0.25, 0.3) is 11.0 Å². The van der Waals surface area contributed by atoms with E-state index < -0.39 is 5.60 Å². The molecule has 1 aliphatic heterocycles. The Balaban J connectivity index is 1.74. The number of ether oxygens (including phenoxy) is 2. The molecule has 2 N–H and O–H groups in total. The van der Waals surface area contributed by atoms with Gasteiger partial charge in [0.25, 0.3) is 5.91 Å². The van der Waals surface area contributed by atoms with Crippen molar-refractivity contribution in [1.29, 1.82) is 0 Å². The Morgan fingerprint density at radius 3 is 2.55 bits per heavy atom. The molecule has 158 valence electrons. The summed E-state index contributed by atoms with van der Waals surface area (Å²) in [5.41, 5.74) is 1.05. The summed E-state index contributed by atoms with van der Waals surface area (Å²) < 4.78 is 12.0. The van der Waals surface area contributed by atoms with Gasteiger partial charge in [0.15, 0.2) is 0 Å². The molecule has 0 atom stereocenters. The maximum absolute atomic E-state index is 12.6. The molecule has 0 aliphatic carbocycles. The minimum atomic E-state index is -0.533. The Labute approximate surface area is 169 Å². The van der Waals surface area contributed by atoms with Crippen LogP contribution in [0.4, 0.5) is 4.79 Å². The first-order valence-corrected chi connectivity index (χ1v) is 9.69. The van der Waals surface area contributed by atoms with Crippen LogP contribution in [-0.2, 0) is 9.47 Å². The maximum atomic E-state index is 12.6. The fourth-order valence-corrected chi connectivity index (χ4v) is 3.51. The predicted molar refractivity (Wildman–Crippen MR) is 108 cm³/mol. The van der Waals surface area contributed by atoms with Crippen LogP contribution in [0.15, 0.2) is 23.0 Å². The molecule has 0 bridgehead atoms. The van der Waals surface area contributed by atoms with Gasteiger partial charge in [-0.2, -0.15) is 0 Å². The molecule has 1 saturated heterocycles. The van der Waals surface area contributed by atoms with Gasteiger partial charge in [-0.15, -0.1) is 0 Å². The average Bonchev–Trinajstić information content (AvgIpc) is 2.99. The zero-order valence-corrected chi connectivity index (χ0v) is 17.3. The second-order valence-electron chi connectivity index (χ2n) is 8.17. The van der Waals surface area contributed by atoms with Crippen LogP contribution in [0.5, 0.6) is 0 Å². The first-order chi connectivity index (χ1) is 13.7. The van der Waals surface area contributed by atoms with Crippen molar-refractivity contribution >= 4 is 23.0 Å². The van der Waals surface area contributed by atoms with Crippen molar-refractivity contribution in [3.63, 3.8) is 0 Å². The van der Waals surface area contributed by atoms with Crippen molar-refractivity contribution in [3.05, 3.63) is 34.2 Å². The highest BCUT2D eigenvalue weighted by Crippen LogP contribution is 2.26. The van der Waals surface area contributed by atoms with Gasteiger partial charge >= 0.3 is 11.8 Å². The SMILES string of the molecule is COCNC(=O)c1ccc2c(c1)[nH]c(=O)n2C1CCN(C(=O)OC(C)(C)C)CC1. The summed E-state index contributed by atoms with van der Waals surface area (Å²) >= 11 is 0. The van der Waals surface area contributed by atoms with Crippen molar-refractivity contribution in [2.45, 2.75) is 45.3 Å². The van der Waals surface area contributed by atoms with E-state index in [1.54, 1.807) is 27.7 Å². The number of nitrogens with one attached hydrogen (secondary N) is 2. The molecule has 3 rings (SSSR count). The summed E-state index contributed by atoms with van der Waals surface area (Å²) in [4.78, 5) is 41.4. The first-order valence-electron chi connectivity index (χ1n) is 9.69. The largest absolute Gasteiger partial charge is 0.444 e. The number of H-pyrrole nitrogens is 1. The van der Waals surface area contributed by atoms with Crippen LogP contribution in [0.3, 0.4) is 0 Å². The van der Waals surface area contributed by atoms with Gasteiger partial charge < -0.3 is 24.7 Å². The highest BCUT2D eigenvalue weighted by molar-refractivity contribution is 5.97. The third-order valence-corrected chi connectivity index (χ3v) is 4.84. The molecule has 2 heterocycles. The zero-order chi connectivity index (χ0) is 21.2. The van der Waals surface area contributed by atoms with Gasteiger partial charge in [0.2, 0.25) is 0 Å². The van der Waals surface area contributed by atoms with Gasteiger partial charge in [0.1, 0.15) is 12.3 Å². The van der Waals surface area contributed by atoms with Crippen molar-refractivity contribution in [1.82, 2.24) is 19.8 Å². The molecular formula is C20H28N4O5. The average molecular weight is 404 g/mol. The number of fused-ring (bicyclic) bond motifs is 1. The lowest BCUT2D eigenvalue weighted by atomic mass is 10.0. The van der Waals surface area contributed by atoms with Crippen LogP contribution in [0.1, 0.15) is 50.0 Å². The Morgan fingerprint density at radius 2 is 1.93 bits per heavy atom. The molecule has 0 unspecified atom stereocenters. The Morgan fingerprint density at radius 1 is 1.24 bits per heavy atom. The number of aromatic nitrogens is 2. The fraction of sp³-hybridized carbons (Fsp3) is 0.550. The second-order valence-corrected chi connectivity index (χ2v) is 8.17. The number of benzene rings is 1. The number of carbonyl (C=O) groups excluding carboxylic acids is 2. The summed E-state index contributed by atoms with van der Waals surface area (Å²) in [7, 11) is 1.50. The van der Waals surface area contributed by atoms with Crippen LogP contribution in [-0.4, -0.2) is 59.0 Å². The quantitative estimate of drug-likeness (QED) is 0.760. The standard InChI is InChI=1S/C20H28N4O5/c1-20(2,3)29-19(27)23-9-7-14(8-10-23)24-16-6-5-13(17(25)21-12-28-4)11-15(16)22-18(24)26/h5-6,11,14H,7-10,12H2,1-4H3,(H,21,25)(H,22,26). The molecule has 2 aromatic rings. The number of imidazole rings is 1. The highest BCUT2D eigenvalue weighted by atomic mass is 16.6. The van der Waals surface area contributed by atoms with Gasteiger partial charge in [-0.1, -0.05) is 0 Å². The minimum Gasteiger partial charge on any atom is -0.444 e. The third-order valence-electron chi connectivity index (χ3n) is 4.84. The molecule has 1 fully saturated rings. The number of carbonyl (C=O) groups is 2. The molecule has 9 nitrogen and oxygen atoms in total. The topological polar surface area (TPSA) is 106 Å². The number of hydrogen-bond acceptors (Lipinski definition) is 5. The van der Waals surface area contributed by atoms with Crippen molar-refractivity contribution < 1.29 is 19.1 Å². The monoisotopic (exact) mass is 404 g/mol. The van der Waals surface area contributed by atoms with Crippen molar-refractivity contribution in [2.24, 2.45) is 0 Å². The van der Waals surface area contributed by atoms with Crippen LogP contribution >= 0.6 is 0 Å². The van der Waals surface area contributed by atoms with Crippen molar-refractivity contribution in [3.8, 4) is 0 Å². The van der Waals surface area contributed by atoms with E-state index in [1.807, 2.05) is 20.8 Å². The molecule has 1 aliphatic rings. The summed E-state index contributed by atoms with van der Waals surface area (Å²) in [6.45, 7) is 6.68. The first kappa shape index (κ1) is 20.9. The lowest BCUT2D eigenvalue weighted by Gasteiger charge is -2.33. The van der Waals surface area contributed by atoms with E-state index in [9.17, 15) is 14.4 Å². The summed E-state index contributed by atoms with van der Waals surface area (Å²) in [6.07, 6.45) is 0.985. The molecular weight excluding hydrogens is 376 g/mol. The fourth-order valence-electron chi connectivity index (χ4n) is 3.51. The van der Waals surface area contributed by atoms with Crippen molar-refractivity contribution in [2.75, 3.05) is 26.9 Å². The van der Waals surface area contributed by atoms with Gasteiger partial charge in [-0.3, -0.25) is 9.36 Å². The van der Waals surface area contributed by atoms with E-state index in [0.717, 1.165) is 5.52 Å². The van der Waals surface area contributed by atoms with Crippen LogP contribution in [0.2, 0.25) is 0 Å². The minimum absolute atomic E-state index is 0.0249. The number of methoxy groups -OCH3 is 1. The lowest BCUT2D eigenvalue weighted by molar-refractivity contribution is 0.0189. The zero-order valence-electron chi connectivity index (χ0n) is 17.3. The third kappa shape index (κ3) is 4.79. The normalized spacial score (nSPS) is 15.5. The molecule has 0 spiro atoms. The number of amides is 2. The Hall–Kier alpha value is -2.81. The maximum Gasteiger partial charge on any atom is 0.410 e. The molecule has 29 heavy (non-hydrogen) atoms. The molecule has 0 radical (unpaired) electrons. The number of nitrogens with zero attached hydrogens (tertiary/aromatic N) is 2. The molecule has 0 saturated carbocycles. The Bertz CT molecular complexity index is 948. The van der Waals surface area contributed by atoms with E-state index in [4.69, 9.17) is 9.47 Å². The van der Waals surface area contributed by atoms with Gasteiger partial charge in [0, 0.05) is 31.8 Å².